The van der Waals surface area contributed by atoms with Gasteiger partial charge in [0.25, 0.3) is 0 Å². The fourth-order valence-corrected chi connectivity index (χ4v) is 1.62. The molecule has 3 N–H and O–H groups in total. The van der Waals surface area contributed by atoms with Gasteiger partial charge in [-0.1, -0.05) is 18.2 Å². The van der Waals surface area contributed by atoms with E-state index < -0.39 is 5.97 Å². The third kappa shape index (κ3) is 3.56. The lowest BCUT2D eigenvalue weighted by Crippen LogP contribution is -2.24. The number of nitrogens with zero attached hydrogens (tertiary/aromatic N) is 1. The Morgan fingerprint density at radius 3 is 2.79 bits per heavy atom. The fraction of sp³-hybridized carbons (Fsp3) is 0.231. The van der Waals surface area contributed by atoms with Crippen molar-refractivity contribution in [1.29, 1.82) is 0 Å². The predicted octanol–water partition coefficient (Wildman–Crippen LogP) is 2.08. The minimum Gasteiger partial charge on any atom is -0.478 e. The molecule has 0 aliphatic rings. The van der Waals surface area contributed by atoms with Crippen molar-refractivity contribution in [3.63, 3.8) is 0 Å². The number of aromatic carboxylic acids is 1. The first-order valence-corrected chi connectivity index (χ1v) is 5.59. The predicted molar refractivity (Wildman–Crippen MR) is 75.1 cm³/mol. The van der Waals surface area contributed by atoms with E-state index in [-0.39, 0.29) is 29.9 Å². The van der Waals surface area contributed by atoms with Gasteiger partial charge in [0.1, 0.15) is 6.61 Å². The summed E-state index contributed by atoms with van der Waals surface area (Å²) < 4.78 is 5.37. The Hall–Kier alpha value is -1.85. The van der Waals surface area contributed by atoms with Gasteiger partial charge < -0.3 is 15.6 Å². The van der Waals surface area contributed by atoms with Gasteiger partial charge in [0.2, 0.25) is 5.88 Å². The van der Waals surface area contributed by atoms with Crippen molar-refractivity contribution >= 4 is 29.3 Å². The summed E-state index contributed by atoms with van der Waals surface area (Å²) in [5, 5.41) is 9.77. The van der Waals surface area contributed by atoms with Crippen LogP contribution in [0.2, 0.25) is 0 Å². The molecule has 1 heterocycles. The van der Waals surface area contributed by atoms with Gasteiger partial charge in [-0.05, 0) is 13.0 Å². The number of nitrogens with two attached hydrogens (primary N) is 1. The number of benzene rings is 1. The first kappa shape index (κ1) is 15.2. The highest BCUT2D eigenvalue weighted by atomic mass is 35.5. The number of pyridine rings is 1. The SMILES string of the molecule is CC(N)COc1cc(C(=O)O)c2ccccc2n1.Cl. The standard InChI is InChI=1S/C13H14N2O3.ClH/c1-8(14)7-18-12-6-10(13(16)17)9-4-2-3-5-11(9)15-12;/h2-6,8H,7,14H2,1H3,(H,16,17);1H. The van der Waals surface area contributed by atoms with Crippen LogP contribution in [0.15, 0.2) is 30.3 Å². The lowest BCUT2D eigenvalue weighted by Gasteiger charge is -2.10. The maximum atomic E-state index is 11.2. The highest BCUT2D eigenvalue weighted by molar-refractivity contribution is 6.02. The fourth-order valence-electron chi connectivity index (χ4n) is 1.62. The molecule has 2 rings (SSSR count). The molecule has 2 aromatic rings. The number of hydrogen-bond acceptors (Lipinski definition) is 4. The summed E-state index contributed by atoms with van der Waals surface area (Å²) in [5.74, 6) is -0.720. The average Bonchev–Trinajstić information content (AvgIpc) is 2.35. The van der Waals surface area contributed by atoms with E-state index in [4.69, 9.17) is 10.5 Å². The zero-order chi connectivity index (χ0) is 13.1. The van der Waals surface area contributed by atoms with Gasteiger partial charge in [0, 0.05) is 17.5 Å². The number of aromatic nitrogens is 1. The van der Waals surface area contributed by atoms with E-state index in [1.54, 1.807) is 31.2 Å². The normalized spacial score (nSPS) is 11.7. The topological polar surface area (TPSA) is 85.4 Å². The van der Waals surface area contributed by atoms with Crippen LogP contribution in [0.5, 0.6) is 5.88 Å². The second-order valence-corrected chi connectivity index (χ2v) is 4.12. The van der Waals surface area contributed by atoms with Crippen molar-refractivity contribution in [3.05, 3.63) is 35.9 Å². The Morgan fingerprint density at radius 2 is 2.16 bits per heavy atom. The van der Waals surface area contributed by atoms with Crippen LogP contribution in [0.4, 0.5) is 0 Å². The van der Waals surface area contributed by atoms with Gasteiger partial charge in [0.05, 0.1) is 11.1 Å². The number of carboxylic acids is 1. The number of ether oxygens (including phenoxy) is 1. The number of rotatable bonds is 4. The van der Waals surface area contributed by atoms with Crippen molar-refractivity contribution in [1.82, 2.24) is 4.98 Å². The van der Waals surface area contributed by atoms with Crippen molar-refractivity contribution in [2.75, 3.05) is 6.61 Å². The number of hydrogen-bond donors (Lipinski definition) is 2. The first-order chi connectivity index (χ1) is 8.58. The molecule has 0 aliphatic carbocycles. The van der Waals surface area contributed by atoms with Crippen LogP contribution in [0, 0.1) is 0 Å². The van der Waals surface area contributed by atoms with Crippen LogP contribution >= 0.6 is 12.4 Å². The van der Waals surface area contributed by atoms with Gasteiger partial charge in [-0.25, -0.2) is 9.78 Å². The maximum absolute atomic E-state index is 11.2. The highest BCUT2D eigenvalue weighted by Crippen LogP contribution is 2.22. The smallest absolute Gasteiger partial charge is 0.336 e. The van der Waals surface area contributed by atoms with Gasteiger partial charge in [0.15, 0.2) is 0 Å². The lowest BCUT2D eigenvalue weighted by molar-refractivity contribution is 0.0698. The summed E-state index contributed by atoms with van der Waals surface area (Å²) >= 11 is 0. The third-order valence-electron chi connectivity index (χ3n) is 2.42. The number of halogens is 1. The molecule has 0 fully saturated rings. The minimum atomic E-state index is -1.00. The van der Waals surface area contributed by atoms with Gasteiger partial charge >= 0.3 is 5.97 Å². The van der Waals surface area contributed by atoms with Crippen molar-refractivity contribution in [2.24, 2.45) is 5.73 Å². The van der Waals surface area contributed by atoms with Crippen LogP contribution < -0.4 is 10.5 Å². The second kappa shape index (κ2) is 6.36. The van der Waals surface area contributed by atoms with Crippen LogP contribution in [0.25, 0.3) is 10.9 Å². The zero-order valence-electron chi connectivity index (χ0n) is 10.4. The molecule has 1 unspecified atom stereocenters. The zero-order valence-corrected chi connectivity index (χ0v) is 11.2. The Kier molecular flexibility index (Phi) is 5.09. The summed E-state index contributed by atoms with van der Waals surface area (Å²) in [7, 11) is 0. The van der Waals surface area contributed by atoms with Crippen LogP contribution in [0.3, 0.4) is 0 Å². The van der Waals surface area contributed by atoms with Gasteiger partial charge in [-0.2, -0.15) is 0 Å². The van der Waals surface area contributed by atoms with Gasteiger partial charge in [-0.3, -0.25) is 0 Å². The first-order valence-electron chi connectivity index (χ1n) is 5.59. The van der Waals surface area contributed by atoms with E-state index in [1.165, 1.54) is 6.07 Å². The van der Waals surface area contributed by atoms with E-state index in [0.717, 1.165) is 0 Å². The molecule has 5 nitrogen and oxygen atoms in total. The Labute approximate surface area is 116 Å². The van der Waals surface area contributed by atoms with E-state index >= 15 is 0 Å². The monoisotopic (exact) mass is 282 g/mol. The molecule has 0 saturated carbocycles. The average molecular weight is 283 g/mol. The number of fused-ring (bicyclic) bond motifs is 1. The Bertz CT molecular complexity index is 587. The van der Waals surface area contributed by atoms with E-state index in [2.05, 4.69) is 4.98 Å². The second-order valence-electron chi connectivity index (χ2n) is 4.12. The van der Waals surface area contributed by atoms with E-state index in [1.807, 2.05) is 0 Å². The summed E-state index contributed by atoms with van der Waals surface area (Å²) in [6, 6.07) is 8.34. The Balaban J connectivity index is 0.00000180. The minimum absolute atomic E-state index is 0. The molecule has 1 aromatic carbocycles. The largest absolute Gasteiger partial charge is 0.478 e. The molecule has 0 radical (unpaired) electrons. The molecule has 1 aromatic heterocycles. The molecule has 0 saturated heterocycles. The Morgan fingerprint density at radius 1 is 1.47 bits per heavy atom. The number of carboxylic acid groups (broad SMARTS) is 1. The van der Waals surface area contributed by atoms with Crippen LogP contribution in [-0.2, 0) is 0 Å². The summed E-state index contributed by atoms with van der Waals surface area (Å²) in [6.45, 7) is 2.10. The molecule has 19 heavy (non-hydrogen) atoms. The van der Waals surface area contributed by atoms with E-state index in [9.17, 15) is 9.90 Å². The molecule has 0 spiro atoms. The van der Waals surface area contributed by atoms with E-state index in [0.29, 0.717) is 17.5 Å². The number of para-hydroxylation sites is 1. The molecule has 102 valence electrons. The van der Waals surface area contributed by atoms with Gasteiger partial charge in [-0.15, -0.1) is 12.4 Å². The van der Waals surface area contributed by atoms with Crippen molar-refractivity contribution in [2.45, 2.75) is 13.0 Å². The molecule has 6 heteroatoms. The lowest BCUT2D eigenvalue weighted by atomic mass is 10.1. The molecular weight excluding hydrogens is 268 g/mol. The number of carbonyl (C=O) groups is 1. The molecule has 0 aliphatic heterocycles. The third-order valence-corrected chi connectivity index (χ3v) is 2.42. The summed E-state index contributed by atoms with van der Waals surface area (Å²) in [4.78, 5) is 15.4. The molecule has 0 amide bonds. The molecular formula is C13H15ClN2O3. The summed E-state index contributed by atoms with van der Waals surface area (Å²) in [5.41, 5.74) is 6.36. The summed E-state index contributed by atoms with van der Waals surface area (Å²) in [6.07, 6.45) is 0. The molecule has 0 bridgehead atoms. The quantitative estimate of drug-likeness (QED) is 0.897. The van der Waals surface area contributed by atoms with Crippen LogP contribution in [0.1, 0.15) is 17.3 Å². The molecule has 1 atom stereocenters. The van der Waals surface area contributed by atoms with Crippen LogP contribution in [-0.4, -0.2) is 28.7 Å². The maximum Gasteiger partial charge on any atom is 0.336 e. The van der Waals surface area contributed by atoms with Crippen molar-refractivity contribution < 1.29 is 14.6 Å². The van der Waals surface area contributed by atoms with Crippen molar-refractivity contribution in [3.8, 4) is 5.88 Å². The highest BCUT2D eigenvalue weighted by Gasteiger charge is 2.12.